The lowest BCUT2D eigenvalue weighted by atomic mass is 10.2. The summed E-state index contributed by atoms with van der Waals surface area (Å²) in [6.07, 6.45) is 0. The van der Waals surface area contributed by atoms with Gasteiger partial charge in [-0.3, -0.25) is 4.79 Å². The molecule has 0 aliphatic rings. The summed E-state index contributed by atoms with van der Waals surface area (Å²) in [5.74, 6) is 1.03. The molecule has 2 rings (SSSR count). The molecule has 0 bridgehead atoms. The van der Waals surface area contributed by atoms with Crippen LogP contribution in [0.5, 0.6) is 11.5 Å². The molecule has 6 heteroatoms. The summed E-state index contributed by atoms with van der Waals surface area (Å²) in [5.41, 5.74) is 1.37. The van der Waals surface area contributed by atoms with Crippen LogP contribution in [-0.2, 0) is 6.61 Å². The highest BCUT2D eigenvalue weighted by Gasteiger charge is 2.15. The molecule has 0 N–H and O–H groups in total. The Labute approximate surface area is 150 Å². The summed E-state index contributed by atoms with van der Waals surface area (Å²) >= 11 is 12.4. The summed E-state index contributed by atoms with van der Waals surface area (Å²) in [5, 5.41) is -0.541. The van der Waals surface area contributed by atoms with Gasteiger partial charge in [-0.1, -0.05) is 28.1 Å². The lowest BCUT2D eigenvalue weighted by Gasteiger charge is -2.14. The largest absolute Gasteiger partial charge is 0.490 e. The van der Waals surface area contributed by atoms with Gasteiger partial charge < -0.3 is 9.47 Å². The Balaban J connectivity index is 2.27. The van der Waals surface area contributed by atoms with Crippen LogP contribution in [0.25, 0.3) is 0 Å². The maximum atomic E-state index is 11.3. The average Bonchev–Trinajstić information content (AvgIpc) is 2.46. The second-order valence-corrected chi connectivity index (χ2v) is 6.52. The van der Waals surface area contributed by atoms with E-state index in [2.05, 4.69) is 31.9 Å². The number of hydrogen-bond donors (Lipinski definition) is 0. The summed E-state index contributed by atoms with van der Waals surface area (Å²) in [4.78, 5) is 11.3. The highest BCUT2D eigenvalue weighted by molar-refractivity contribution is 9.10. The molecule has 0 aliphatic heterocycles. The Hall–Kier alpha value is -1.04. The van der Waals surface area contributed by atoms with E-state index in [1.807, 2.05) is 31.2 Å². The first kappa shape index (κ1) is 17.3. The molecule has 0 aromatic heterocycles. The van der Waals surface area contributed by atoms with Crippen molar-refractivity contribution in [1.29, 1.82) is 0 Å². The van der Waals surface area contributed by atoms with Gasteiger partial charge in [-0.25, -0.2) is 0 Å². The Morgan fingerprint density at radius 3 is 2.59 bits per heavy atom. The molecule has 0 fully saturated rings. The molecule has 3 nitrogen and oxygen atoms in total. The lowest BCUT2D eigenvalue weighted by molar-refractivity contribution is 0.108. The molecule has 2 aromatic rings. The van der Waals surface area contributed by atoms with E-state index < -0.39 is 5.24 Å². The Morgan fingerprint density at radius 1 is 1.18 bits per heavy atom. The molecule has 22 heavy (non-hydrogen) atoms. The van der Waals surface area contributed by atoms with Gasteiger partial charge in [0.2, 0.25) is 0 Å². The molecule has 0 radical (unpaired) electrons. The van der Waals surface area contributed by atoms with Crippen molar-refractivity contribution in [3.05, 3.63) is 56.5 Å². The van der Waals surface area contributed by atoms with E-state index in [9.17, 15) is 4.79 Å². The van der Waals surface area contributed by atoms with Crippen molar-refractivity contribution in [2.45, 2.75) is 13.5 Å². The SMILES string of the molecule is CCOc1cc(C(=O)Cl)cc(Br)c1OCc1cccc(Br)c1. The third-order valence-electron chi connectivity index (χ3n) is 2.81. The van der Waals surface area contributed by atoms with Crippen molar-refractivity contribution in [2.24, 2.45) is 0 Å². The fourth-order valence-electron chi connectivity index (χ4n) is 1.87. The Kier molecular flexibility index (Phi) is 6.29. The maximum Gasteiger partial charge on any atom is 0.252 e. The van der Waals surface area contributed by atoms with Gasteiger partial charge in [0.05, 0.1) is 11.1 Å². The molecule has 0 heterocycles. The topological polar surface area (TPSA) is 35.5 Å². The van der Waals surface area contributed by atoms with Crippen LogP contribution in [-0.4, -0.2) is 11.8 Å². The van der Waals surface area contributed by atoms with Crippen molar-refractivity contribution in [2.75, 3.05) is 6.61 Å². The summed E-state index contributed by atoms with van der Waals surface area (Å²) in [7, 11) is 0. The third-order valence-corrected chi connectivity index (χ3v) is 4.11. The Morgan fingerprint density at radius 2 is 1.95 bits per heavy atom. The van der Waals surface area contributed by atoms with Gasteiger partial charge in [-0.15, -0.1) is 0 Å². The number of carbonyl (C=O) groups excluding carboxylic acids is 1. The van der Waals surface area contributed by atoms with Crippen LogP contribution in [0.1, 0.15) is 22.8 Å². The third kappa shape index (κ3) is 4.48. The number of benzene rings is 2. The minimum Gasteiger partial charge on any atom is -0.490 e. The maximum absolute atomic E-state index is 11.3. The monoisotopic (exact) mass is 446 g/mol. The number of ether oxygens (including phenoxy) is 2. The zero-order valence-electron chi connectivity index (χ0n) is 11.7. The van der Waals surface area contributed by atoms with Crippen molar-refractivity contribution in [3.63, 3.8) is 0 Å². The molecule has 0 saturated carbocycles. The highest BCUT2D eigenvalue weighted by atomic mass is 79.9. The van der Waals surface area contributed by atoms with Gasteiger partial charge in [0.15, 0.2) is 11.5 Å². The van der Waals surface area contributed by atoms with Crippen LogP contribution in [0, 0.1) is 0 Å². The molecule has 0 saturated heterocycles. The second-order valence-electron chi connectivity index (χ2n) is 4.41. The second kappa shape index (κ2) is 7.99. The normalized spacial score (nSPS) is 10.4. The number of carbonyl (C=O) groups is 1. The highest BCUT2D eigenvalue weighted by Crippen LogP contribution is 2.38. The Bertz CT molecular complexity index is 689. The van der Waals surface area contributed by atoms with Gasteiger partial charge in [0.1, 0.15) is 6.61 Å². The van der Waals surface area contributed by atoms with Crippen LogP contribution >= 0.6 is 43.5 Å². The fraction of sp³-hybridized carbons (Fsp3) is 0.188. The van der Waals surface area contributed by atoms with Crippen molar-refractivity contribution in [1.82, 2.24) is 0 Å². The fourth-order valence-corrected chi connectivity index (χ4v) is 2.98. The van der Waals surface area contributed by atoms with Crippen LogP contribution in [0.4, 0.5) is 0 Å². The summed E-state index contributed by atoms with van der Waals surface area (Å²) in [6.45, 7) is 2.70. The minimum atomic E-state index is -0.541. The lowest BCUT2D eigenvalue weighted by Crippen LogP contribution is -2.02. The van der Waals surface area contributed by atoms with Crippen molar-refractivity contribution >= 4 is 48.7 Å². The molecular formula is C16H13Br2ClO3. The minimum absolute atomic E-state index is 0.354. The molecule has 0 aliphatic carbocycles. The summed E-state index contributed by atoms with van der Waals surface area (Å²) < 4.78 is 13.0. The first-order valence-electron chi connectivity index (χ1n) is 6.54. The van der Waals surface area contributed by atoms with E-state index in [0.29, 0.717) is 34.7 Å². The molecule has 0 amide bonds. The number of rotatable bonds is 6. The predicted octanol–water partition coefficient (Wildman–Crippen LogP) is 5.57. The van der Waals surface area contributed by atoms with Crippen LogP contribution < -0.4 is 9.47 Å². The first-order chi connectivity index (χ1) is 10.5. The van der Waals surface area contributed by atoms with E-state index >= 15 is 0 Å². The molecule has 0 atom stereocenters. The van der Waals surface area contributed by atoms with Crippen molar-refractivity contribution < 1.29 is 14.3 Å². The van der Waals surface area contributed by atoms with Gasteiger partial charge in [0.25, 0.3) is 5.24 Å². The van der Waals surface area contributed by atoms with Crippen molar-refractivity contribution in [3.8, 4) is 11.5 Å². The van der Waals surface area contributed by atoms with Crippen LogP contribution in [0.15, 0.2) is 45.3 Å². The molecule has 116 valence electrons. The zero-order chi connectivity index (χ0) is 16.1. The molecule has 0 unspecified atom stereocenters. The molecular weight excluding hydrogens is 435 g/mol. The van der Waals surface area contributed by atoms with E-state index in [0.717, 1.165) is 10.0 Å². The quantitative estimate of drug-likeness (QED) is 0.542. The molecule has 0 spiro atoms. The van der Waals surface area contributed by atoms with Crippen LogP contribution in [0.2, 0.25) is 0 Å². The van der Waals surface area contributed by atoms with Gasteiger partial charge in [-0.2, -0.15) is 0 Å². The standard InChI is InChI=1S/C16H13Br2ClO3/c1-2-21-14-8-11(16(19)20)7-13(18)15(14)22-9-10-4-3-5-12(17)6-10/h3-8H,2,9H2,1H3. The molecule has 2 aromatic carbocycles. The first-order valence-corrected chi connectivity index (χ1v) is 8.51. The number of hydrogen-bond acceptors (Lipinski definition) is 3. The smallest absolute Gasteiger partial charge is 0.252 e. The van der Waals surface area contributed by atoms with E-state index in [1.54, 1.807) is 12.1 Å². The van der Waals surface area contributed by atoms with Gasteiger partial charge in [0, 0.05) is 10.0 Å². The zero-order valence-corrected chi connectivity index (χ0v) is 15.7. The van der Waals surface area contributed by atoms with E-state index in [1.165, 1.54) is 0 Å². The predicted molar refractivity (Wildman–Crippen MR) is 94.0 cm³/mol. The van der Waals surface area contributed by atoms with Crippen LogP contribution in [0.3, 0.4) is 0 Å². The summed E-state index contributed by atoms with van der Waals surface area (Å²) in [6, 6.07) is 11.0. The van der Waals surface area contributed by atoms with Gasteiger partial charge >= 0.3 is 0 Å². The number of halogens is 3. The van der Waals surface area contributed by atoms with E-state index in [4.69, 9.17) is 21.1 Å². The van der Waals surface area contributed by atoms with Gasteiger partial charge in [-0.05, 0) is 64.3 Å². The average molecular weight is 449 g/mol. The van der Waals surface area contributed by atoms with E-state index in [-0.39, 0.29) is 0 Å².